The first-order valence-corrected chi connectivity index (χ1v) is 7.13. The zero-order valence-corrected chi connectivity index (χ0v) is 11.6. The highest BCUT2D eigenvalue weighted by atomic mass is 16.3. The molecule has 2 unspecified atom stereocenters. The van der Waals surface area contributed by atoms with Crippen molar-refractivity contribution in [2.75, 3.05) is 5.32 Å². The molecule has 5 heteroatoms. The van der Waals surface area contributed by atoms with Crippen molar-refractivity contribution in [2.45, 2.75) is 38.6 Å². The Balaban J connectivity index is 1.78. The molecule has 1 fully saturated rings. The highest BCUT2D eigenvalue weighted by Crippen LogP contribution is 2.26. The molecule has 1 aliphatic rings. The summed E-state index contributed by atoms with van der Waals surface area (Å²) in [5.74, 6) is 0.643. The minimum absolute atomic E-state index is 0.00793. The predicted octanol–water partition coefficient (Wildman–Crippen LogP) is 2.46. The van der Waals surface area contributed by atoms with Crippen LogP contribution < -0.4 is 11.1 Å². The summed E-state index contributed by atoms with van der Waals surface area (Å²) < 4.78 is 5.55. The average Bonchev–Trinajstić information content (AvgIpc) is 3.03. The lowest BCUT2D eigenvalue weighted by Crippen LogP contribution is -2.34. The first-order valence-electron chi connectivity index (χ1n) is 7.13. The van der Waals surface area contributed by atoms with E-state index in [9.17, 15) is 4.79 Å². The molecular weight excluding hydrogens is 254 g/mol. The number of amides is 1. The van der Waals surface area contributed by atoms with Crippen LogP contribution in [-0.2, 0) is 11.2 Å². The third kappa shape index (κ3) is 2.41. The van der Waals surface area contributed by atoms with Crippen molar-refractivity contribution in [3.05, 3.63) is 24.1 Å². The summed E-state index contributed by atoms with van der Waals surface area (Å²) in [7, 11) is 0. The van der Waals surface area contributed by atoms with E-state index in [0.29, 0.717) is 5.89 Å². The molecule has 20 heavy (non-hydrogen) atoms. The van der Waals surface area contributed by atoms with E-state index < -0.39 is 0 Å². The average molecular weight is 273 g/mol. The Morgan fingerprint density at radius 2 is 2.35 bits per heavy atom. The first-order chi connectivity index (χ1) is 9.67. The van der Waals surface area contributed by atoms with Gasteiger partial charge in [-0.25, -0.2) is 4.98 Å². The Labute approximate surface area is 117 Å². The molecule has 0 aliphatic heterocycles. The number of aromatic nitrogens is 1. The number of hydrogen-bond acceptors (Lipinski definition) is 4. The molecule has 1 aliphatic carbocycles. The molecule has 1 aromatic carbocycles. The molecule has 106 valence electrons. The number of rotatable bonds is 3. The maximum atomic E-state index is 12.2. The number of nitrogens with two attached hydrogens (primary N) is 1. The Bertz CT molecular complexity index is 635. The third-order valence-electron chi connectivity index (χ3n) is 3.91. The fourth-order valence-corrected chi connectivity index (χ4v) is 2.75. The van der Waals surface area contributed by atoms with Crippen molar-refractivity contribution in [3.63, 3.8) is 0 Å². The number of oxazole rings is 1. The van der Waals surface area contributed by atoms with Crippen molar-refractivity contribution in [1.29, 1.82) is 0 Å². The maximum absolute atomic E-state index is 12.2. The lowest BCUT2D eigenvalue weighted by molar-refractivity contribution is -0.120. The van der Waals surface area contributed by atoms with Crippen molar-refractivity contribution >= 4 is 22.7 Å². The second-order valence-electron chi connectivity index (χ2n) is 5.33. The number of fused-ring (bicyclic) bond motifs is 1. The van der Waals surface area contributed by atoms with Gasteiger partial charge in [0, 0.05) is 18.2 Å². The van der Waals surface area contributed by atoms with Gasteiger partial charge in [-0.15, -0.1) is 0 Å². The van der Waals surface area contributed by atoms with E-state index in [0.717, 1.165) is 42.5 Å². The van der Waals surface area contributed by atoms with E-state index in [1.165, 1.54) is 0 Å². The van der Waals surface area contributed by atoms with Crippen molar-refractivity contribution < 1.29 is 9.21 Å². The van der Waals surface area contributed by atoms with Crippen LogP contribution in [0.4, 0.5) is 5.69 Å². The monoisotopic (exact) mass is 273 g/mol. The van der Waals surface area contributed by atoms with Crippen LogP contribution in [0.5, 0.6) is 0 Å². The minimum atomic E-state index is -0.0748. The minimum Gasteiger partial charge on any atom is -0.441 e. The fourth-order valence-electron chi connectivity index (χ4n) is 2.75. The van der Waals surface area contributed by atoms with Crippen LogP contribution in [0.3, 0.4) is 0 Å². The molecule has 1 amide bonds. The van der Waals surface area contributed by atoms with Crippen molar-refractivity contribution in [2.24, 2.45) is 11.7 Å². The summed E-state index contributed by atoms with van der Waals surface area (Å²) in [6.45, 7) is 1.99. The topological polar surface area (TPSA) is 81.2 Å². The lowest BCUT2D eigenvalue weighted by Gasteiger charge is -2.14. The smallest absolute Gasteiger partial charge is 0.229 e. The normalized spacial score (nSPS) is 22.3. The third-order valence-corrected chi connectivity index (χ3v) is 3.91. The molecule has 3 N–H and O–H groups in total. The molecule has 1 aromatic heterocycles. The number of nitrogens with zero attached hydrogens (tertiary/aromatic N) is 1. The highest BCUT2D eigenvalue weighted by Gasteiger charge is 2.30. The summed E-state index contributed by atoms with van der Waals surface area (Å²) in [4.78, 5) is 16.6. The van der Waals surface area contributed by atoms with Gasteiger partial charge in [-0.3, -0.25) is 4.79 Å². The van der Waals surface area contributed by atoms with E-state index >= 15 is 0 Å². The van der Waals surface area contributed by atoms with E-state index in [2.05, 4.69) is 10.3 Å². The summed E-state index contributed by atoms with van der Waals surface area (Å²) >= 11 is 0. The van der Waals surface area contributed by atoms with Gasteiger partial charge in [0.15, 0.2) is 11.5 Å². The number of nitrogens with one attached hydrogen (secondary N) is 1. The quantitative estimate of drug-likeness (QED) is 0.900. The van der Waals surface area contributed by atoms with Crippen LogP contribution in [-0.4, -0.2) is 16.9 Å². The molecule has 0 radical (unpaired) electrons. The zero-order chi connectivity index (χ0) is 14.1. The Hall–Kier alpha value is -1.88. The van der Waals surface area contributed by atoms with Gasteiger partial charge < -0.3 is 15.5 Å². The number of anilines is 1. The van der Waals surface area contributed by atoms with Gasteiger partial charge in [-0.2, -0.15) is 0 Å². The van der Waals surface area contributed by atoms with E-state index in [4.69, 9.17) is 10.2 Å². The van der Waals surface area contributed by atoms with E-state index in [-0.39, 0.29) is 17.9 Å². The number of carbonyl (C=O) groups is 1. The largest absolute Gasteiger partial charge is 0.441 e. The summed E-state index contributed by atoms with van der Waals surface area (Å²) in [6, 6.07) is 5.50. The van der Waals surface area contributed by atoms with Gasteiger partial charge in [0.1, 0.15) is 5.52 Å². The molecule has 0 saturated heterocycles. The van der Waals surface area contributed by atoms with Gasteiger partial charge in [-0.1, -0.05) is 13.3 Å². The second-order valence-corrected chi connectivity index (χ2v) is 5.33. The molecule has 0 bridgehead atoms. The van der Waals surface area contributed by atoms with Crippen LogP contribution in [0, 0.1) is 5.92 Å². The standard InChI is InChI=1S/C15H19N3O2/c1-2-14-18-12-8-9(6-7-13(12)20-14)17-15(19)10-4-3-5-11(10)16/h6-8,10-11H,2-5,16H2,1H3,(H,17,19). The fraction of sp³-hybridized carbons (Fsp3) is 0.467. The molecule has 5 nitrogen and oxygen atoms in total. The van der Waals surface area contributed by atoms with Crippen molar-refractivity contribution in [3.8, 4) is 0 Å². The van der Waals surface area contributed by atoms with Gasteiger partial charge in [0.25, 0.3) is 0 Å². The van der Waals surface area contributed by atoms with Gasteiger partial charge in [0.05, 0.1) is 5.92 Å². The van der Waals surface area contributed by atoms with Gasteiger partial charge in [0.2, 0.25) is 5.91 Å². The Morgan fingerprint density at radius 1 is 1.50 bits per heavy atom. The van der Waals surface area contributed by atoms with Crippen LogP contribution in [0.1, 0.15) is 32.1 Å². The summed E-state index contributed by atoms with van der Waals surface area (Å²) in [5, 5.41) is 2.93. The zero-order valence-electron chi connectivity index (χ0n) is 11.6. The molecule has 2 atom stereocenters. The second kappa shape index (κ2) is 5.25. The highest BCUT2D eigenvalue weighted by molar-refractivity contribution is 5.94. The number of hydrogen-bond donors (Lipinski definition) is 2. The maximum Gasteiger partial charge on any atom is 0.229 e. The Kier molecular flexibility index (Phi) is 3.44. The molecule has 2 aromatic rings. The lowest BCUT2D eigenvalue weighted by atomic mass is 10.0. The molecule has 1 saturated carbocycles. The van der Waals surface area contributed by atoms with Crippen LogP contribution >= 0.6 is 0 Å². The number of carbonyl (C=O) groups excluding carboxylic acids is 1. The van der Waals surface area contributed by atoms with Crippen LogP contribution in [0.25, 0.3) is 11.1 Å². The van der Waals surface area contributed by atoms with Crippen molar-refractivity contribution in [1.82, 2.24) is 4.98 Å². The van der Waals surface area contributed by atoms with E-state index in [1.807, 2.05) is 25.1 Å². The van der Waals surface area contributed by atoms with Crippen LogP contribution in [0.2, 0.25) is 0 Å². The van der Waals surface area contributed by atoms with Gasteiger partial charge >= 0.3 is 0 Å². The Morgan fingerprint density at radius 3 is 3.05 bits per heavy atom. The van der Waals surface area contributed by atoms with E-state index in [1.54, 1.807) is 0 Å². The molecule has 1 heterocycles. The summed E-state index contributed by atoms with van der Waals surface area (Å²) in [5.41, 5.74) is 8.23. The van der Waals surface area contributed by atoms with Gasteiger partial charge in [-0.05, 0) is 31.0 Å². The first kappa shape index (κ1) is 13.1. The summed E-state index contributed by atoms with van der Waals surface area (Å²) in [6.07, 6.45) is 3.59. The molecule has 0 spiro atoms. The number of aryl methyl sites for hydroxylation is 1. The van der Waals surface area contributed by atoms with Crippen LogP contribution in [0.15, 0.2) is 22.6 Å². The SMILES string of the molecule is CCc1nc2cc(NC(=O)C3CCCC3N)ccc2o1. The molecule has 3 rings (SSSR count). The predicted molar refractivity (Wildman–Crippen MR) is 77.3 cm³/mol. The molecular formula is C15H19N3O2. The number of benzene rings is 1.